The molecule has 2 amide bonds. The molecule has 0 atom stereocenters. The second kappa shape index (κ2) is 5.71. The number of rotatable bonds is 4. The first-order chi connectivity index (χ1) is 8.56. The smallest absolute Gasteiger partial charge is 0.281 e. The van der Waals surface area contributed by atoms with Crippen LogP contribution in [0.3, 0.4) is 0 Å². The van der Waals surface area contributed by atoms with Gasteiger partial charge in [-0.3, -0.25) is 9.59 Å². The highest BCUT2D eigenvalue weighted by molar-refractivity contribution is 8.13. The van der Waals surface area contributed by atoms with Gasteiger partial charge in [0.1, 0.15) is 0 Å². The molecule has 18 heavy (non-hydrogen) atoms. The SMILES string of the molecule is Cc1nc(NC(=O)CCN2CCSC2=O)sc1C. The highest BCUT2D eigenvalue weighted by Crippen LogP contribution is 2.21. The third-order valence-corrected chi connectivity index (χ3v) is 4.61. The summed E-state index contributed by atoms with van der Waals surface area (Å²) in [6, 6.07) is 0. The van der Waals surface area contributed by atoms with Gasteiger partial charge in [-0.05, 0) is 13.8 Å². The lowest BCUT2D eigenvalue weighted by Gasteiger charge is -2.13. The van der Waals surface area contributed by atoms with E-state index in [1.807, 2.05) is 13.8 Å². The van der Waals surface area contributed by atoms with Gasteiger partial charge in [0, 0.05) is 30.1 Å². The number of thiazole rings is 1. The van der Waals surface area contributed by atoms with Crippen LogP contribution < -0.4 is 5.32 Å². The van der Waals surface area contributed by atoms with Gasteiger partial charge in [0.05, 0.1) is 5.69 Å². The molecule has 0 saturated carbocycles. The van der Waals surface area contributed by atoms with Gasteiger partial charge in [-0.2, -0.15) is 0 Å². The summed E-state index contributed by atoms with van der Waals surface area (Å²) in [5.41, 5.74) is 0.946. The summed E-state index contributed by atoms with van der Waals surface area (Å²) in [6.07, 6.45) is 0.323. The van der Waals surface area contributed by atoms with Crippen LogP contribution in [0.25, 0.3) is 0 Å². The normalized spacial score (nSPS) is 15.2. The minimum absolute atomic E-state index is 0.0729. The summed E-state index contributed by atoms with van der Waals surface area (Å²) in [5.74, 6) is 0.735. The van der Waals surface area contributed by atoms with Crippen LogP contribution in [0.4, 0.5) is 9.93 Å². The molecule has 0 spiro atoms. The van der Waals surface area contributed by atoms with E-state index >= 15 is 0 Å². The maximum Gasteiger partial charge on any atom is 0.281 e. The first kappa shape index (κ1) is 13.4. The van der Waals surface area contributed by atoms with Gasteiger partial charge in [0.25, 0.3) is 5.24 Å². The van der Waals surface area contributed by atoms with Crippen molar-refractivity contribution in [2.24, 2.45) is 0 Å². The van der Waals surface area contributed by atoms with E-state index < -0.39 is 0 Å². The number of aromatic nitrogens is 1. The molecule has 0 aliphatic carbocycles. The third kappa shape index (κ3) is 3.23. The zero-order chi connectivity index (χ0) is 13.1. The Morgan fingerprint density at radius 2 is 2.28 bits per heavy atom. The first-order valence-corrected chi connectivity index (χ1v) is 7.52. The summed E-state index contributed by atoms with van der Waals surface area (Å²) in [6.45, 7) is 5.12. The van der Waals surface area contributed by atoms with Crippen molar-refractivity contribution in [2.75, 3.05) is 24.2 Å². The van der Waals surface area contributed by atoms with Crippen molar-refractivity contribution in [1.29, 1.82) is 0 Å². The van der Waals surface area contributed by atoms with E-state index in [9.17, 15) is 9.59 Å². The van der Waals surface area contributed by atoms with Gasteiger partial charge >= 0.3 is 0 Å². The topological polar surface area (TPSA) is 62.3 Å². The van der Waals surface area contributed by atoms with Crippen molar-refractivity contribution in [2.45, 2.75) is 20.3 Å². The van der Waals surface area contributed by atoms with Crippen molar-refractivity contribution in [3.63, 3.8) is 0 Å². The second-order valence-corrected chi connectivity index (χ2v) is 6.31. The fourth-order valence-electron chi connectivity index (χ4n) is 1.57. The Morgan fingerprint density at radius 3 is 2.83 bits per heavy atom. The van der Waals surface area contributed by atoms with E-state index in [1.165, 1.54) is 23.1 Å². The van der Waals surface area contributed by atoms with Gasteiger partial charge in [-0.25, -0.2) is 4.98 Å². The lowest BCUT2D eigenvalue weighted by Crippen LogP contribution is -2.27. The molecule has 1 N–H and O–H groups in total. The van der Waals surface area contributed by atoms with Gasteiger partial charge in [-0.15, -0.1) is 11.3 Å². The molecule has 0 bridgehead atoms. The average Bonchev–Trinajstić information content (AvgIpc) is 2.84. The first-order valence-electron chi connectivity index (χ1n) is 5.72. The Hall–Kier alpha value is -1.08. The number of hydrogen-bond donors (Lipinski definition) is 1. The lowest BCUT2D eigenvalue weighted by molar-refractivity contribution is -0.116. The van der Waals surface area contributed by atoms with Crippen LogP contribution in [-0.2, 0) is 4.79 Å². The minimum atomic E-state index is -0.0894. The molecule has 0 unspecified atom stereocenters. The molecule has 2 heterocycles. The molecule has 98 valence electrons. The quantitative estimate of drug-likeness (QED) is 0.921. The lowest BCUT2D eigenvalue weighted by atomic mass is 10.4. The monoisotopic (exact) mass is 285 g/mol. The fourth-order valence-corrected chi connectivity index (χ4v) is 3.26. The zero-order valence-electron chi connectivity index (χ0n) is 10.4. The van der Waals surface area contributed by atoms with Crippen LogP contribution >= 0.6 is 23.1 Å². The van der Waals surface area contributed by atoms with E-state index in [0.717, 1.165) is 22.9 Å². The Bertz CT molecular complexity index is 453. The van der Waals surface area contributed by atoms with Crippen molar-refractivity contribution in [3.05, 3.63) is 10.6 Å². The van der Waals surface area contributed by atoms with Crippen LogP contribution in [0.2, 0.25) is 0 Å². The maximum atomic E-state index is 11.7. The van der Waals surface area contributed by atoms with Gasteiger partial charge in [0.15, 0.2) is 5.13 Å². The number of carbonyl (C=O) groups excluding carboxylic acids is 2. The average molecular weight is 285 g/mol. The van der Waals surface area contributed by atoms with Gasteiger partial charge in [-0.1, -0.05) is 11.8 Å². The van der Waals surface area contributed by atoms with Crippen LogP contribution in [0, 0.1) is 13.8 Å². The summed E-state index contributed by atoms with van der Waals surface area (Å²) >= 11 is 2.78. The molecule has 2 rings (SSSR count). The van der Waals surface area contributed by atoms with Gasteiger partial charge < -0.3 is 10.2 Å². The highest BCUT2D eigenvalue weighted by Gasteiger charge is 2.21. The third-order valence-electron chi connectivity index (χ3n) is 2.73. The predicted molar refractivity (Wildman–Crippen MR) is 74.3 cm³/mol. The Balaban J connectivity index is 1.80. The van der Waals surface area contributed by atoms with Crippen LogP contribution in [-0.4, -0.2) is 39.9 Å². The van der Waals surface area contributed by atoms with Gasteiger partial charge in [0.2, 0.25) is 5.91 Å². The number of aryl methyl sites for hydroxylation is 2. The van der Waals surface area contributed by atoms with Crippen LogP contribution in [0.5, 0.6) is 0 Å². The second-order valence-electron chi connectivity index (χ2n) is 4.06. The molecule has 1 saturated heterocycles. The summed E-state index contributed by atoms with van der Waals surface area (Å²) in [4.78, 5) is 30.1. The van der Waals surface area contributed by atoms with E-state index in [2.05, 4.69) is 10.3 Å². The highest BCUT2D eigenvalue weighted by atomic mass is 32.2. The number of anilines is 1. The van der Waals surface area contributed by atoms with E-state index in [4.69, 9.17) is 0 Å². The minimum Gasteiger partial charge on any atom is -0.332 e. The van der Waals surface area contributed by atoms with Crippen molar-refractivity contribution in [1.82, 2.24) is 9.88 Å². The largest absolute Gasteiger partial charge is 0.332 e. The molecule has 1 aliphatic heterocycles. The molecule has 1 aliphatic rings. The number of thioether (sulfide) groups is 1. The standard InChI is InChI=1S/C11H15N3O2S2/c1-7-8(2)18-10(12-7)13-9(15)3-4-14-5-6-17-11(14)16/h3-6H2,1-2H3,(H,12,13,15). The van der Waals surface area contributed by atoms with Crippen molar-refractivity contribution in [3.8, 4) is 0 Å². The molecule has 7 heteroatoms. The van der Waals surface area contributed by atoms with E-state index in [-0.39, 0.29) is 11.1 Å². The van der Waals surface area contributed by atoms with E-state index in [1.54, 1.807) is 4.90 Å². The van der Waals surface area contributed by atoms with E-state index in [0.29, 0.717) is 18.1 Å². The van der Waals surface area contributed by atoms with Crippen molar-refractivity contribution >= 4 is 39.4 Å². The maximum absolute atomic E-state index is 11.7. The van der Waals surface area contributed by atoms with Crippen LogP contribution in [0.15, 0.2) is 0 Å². The molecule has 1 aromatic heterocycles. The Morgan fingerprint density at radius 1 is 1.50 bits per heavy atom. The van der Waals surface area contributed by atoms with Crippen molar-refractivity contribution < 1.29 is 9.59 Å². The molecule has 1 fully saturated rings. The molecular formula is C11H15N3O2S2. The number of carbonyl (C=O) groups is 2. The molecular weight excluding hydrogens is 270 g/mol. The summed E-state index contributed by atoms with van der Waals surface area (Å²) < 4.78 is 0. The fraction of sp³-hybridized carbons (Fsp3) is 0.545. The predicted octanol–water partition coefficient (Wildman–Crippen LogP) is 2.26. The van der Waals surface area contributed by atoms with Crippen LogP contribution in [0.1, 0.15) is 17.0 Å². The Kier molecular flexibility index (Phi) is 4.23. The molecule has 5 nitrogen and oxygen atoms in total. The number of amides is 2. The number of hydrogen-bond acceptors (Lipinski definition) is 5. The summed E-state index contributed by atoms with van der Waals surface area (Å²) in [7, 11) is 0. The molecule has 1 aromatic rings. The Labute approximate surface area is 114 Å². The zero-order valence-corrected chi connectivity index (χ0v) is 12.0. The number of nitrogens with zero attached hydrogens (tertiary/aromatic N) is 2. The summed E-state index contributed by atoms with van der Waals surface area (Å²) in [5, 5.41) is 3.48. The molecule has 0 aromatic carbocycles. The molecule has 0 radical (unpaired) electrons. The number of nitrogens with one attached hydrogen (secondary N) is 1.